The molecule has 4 aliphatic rings. The van der Waals surface area contributed by atoms with Crippen molar-refractivity contribution >= 4 is 22.7 Å². The summed E-state index contributed by atoms with van der Waals surface area (Å²) < 4.78 is 0. The molecule has 4 aliphatic carbocycles. The SMILES string of the molecule is O=C1C(c2ccccc2)=C[C@H]2C3CC([C@@H]12)[C@@H]1C(=O)C(c2ccccc2)=C[C@H]31. The number of rotatable bonds is 2. The smallest absolute Gasteiger partial charge is 0.167 e. The van der Waals surface area contributed by atoms with Crippen LogP contribution in [0.4, 0.5) is 0 Å². The second kappa shape index (κ2) is 5.39. The van der Waals surface area contributed by atoms with Gasteiger partial charge in [0.05, 0.1) is 0 Å². The normalized spacial score (nSPS) is 35.9. The van der Waals surface area contributed by atoms with Crippen molar-refractivity contribution in [1.29, 1.82) is 0 Å². The number of carbonyl (C=O) groups is 2. The summed E-state index contributed by atoms with van der Waals surface area (Å²) in [5.41, 5.74) is 3.79. The van der Waals surface area contributed by atoms with Gasteiger partial charge in [-0.25, -0.2) is 0 Å². The molecular weight excluding hydrogens is 332 g/mol. The van der Waals surface area contributed by atoms with Crippen molar-refractivity contribution in [2.24, 2.45) is 35.5 Å². The standard InChI is InChI=1S/C25H20O2/c26-24-16(14-7-3-1-4-8-14)11-19-18-13-21(22(19)24)23-20(18)12-17(25(23)27)15-9-5-2-6-10-15/h1-12,18-23H,13H2/t18?,19-,20+,21?,22-,23+. The maximum atomic E-state index is 13.2. The molecule has 0 saturated heterocycles. The first kappa shape index (κ1) is 15.3. The molecule has 0 heterocycles. The van der Waals surface area contributed by atoms with Crippen LogP contribution in [0.25, 0.3) is 11.1 Å². The summed E-state index contributed by atoms with van der Waals surface area (Å²) in [6.45, 7) is 0. The Morgan fingerprint density at radius 2 is 1.04 bits per heavy atom. The maximum Gasteiger partial charge on any atom is 0.167 e. The Balaban J connectivity index is 1.38. The molecule has 2 heteroatoms. The van der Waals surface area contributed by atoms with E-state index in [-0.39, 0.29) is 29.3 Å². The molecule has 2 nitrogen and oxygen atoms in total. The van der Waals surface area contributed by atoms with E-state index in [0.29, 0.717) is 17.8 Å². The zero-order chi connectivity index (χ0) is 18.1. The van der Waals surface area contributed by atoms with Gasteiger partial charge in [0, 0.05) is 23.0 Å². The van der Waals surface area contributed by atoms with Gasteiger partial charge in [-0.2, -0.15) is 0 Å². The third kappa shape index (κ3) is 1.96. The highest BCUT2D eigenvalue weighted by atomic mass is 16.1. The van der Waals surface area contributed by atoms with Gasteiger partial charge in [-0.05, 0) is 41.2 Å². The van der Waals surface area contributed by atoms with E-state index in [2.05, 4.69) is 12.2 Å². The lowest BCUT2D eigenvalue weighted by atomic mass is 9.70. The van der Waals surface area contributed by atoms with E-state index in [1.165, 1.54) is 0 Å². The van der Waals surface area contributed by atoms with Crippen LogP contribution in [0.15, 0.2) is 72.8 Å². The number of hydrogen-bond donors (Lipinski definition) is 0. The molecule has 27 heavy (non-hydrogen) atoms. The largest absolute Gasteiger partial charge is 0.294 e. The molecule has 0 amide bonds. The molecule has 6 atom stereocenters. The molecule has 0 aliphatic heterocycles. The molecule has 2 aromatic carbocycles. The second-order valence-electron chi connectivity index (χ2n) is 8.39. The van der Waals surface area contributed by atoms with E-state index in [9.17, 15) is 9.59 Å². The highest BCUT2D eigenvalue weighted by Gasteiger charge is 2.64. The fourth-order valence-electron chi connectivity index (χ4n) is 6.32. The number of Topliss-reactive ketones (excluding diaryl/α,β-unsaturated/α-hetero) is 2. The molecule has 2 aromatic rings. The van der Waals surface area contributed by atoms with E-state index in [4.69, 9.17) is 0 Å². The summed E-state index contributed by atoms with van der Waals surface area (Å²) in [6.07, 6.45) is 5.48. The number of fused-ring (bicyclic) bond motifs is 8. The van der Waals surface area contributed by atoms with E-state index in [0.717, 1.165) is 28.7 Å². The van der Waals surface area contributed by atoms with Crippen molar-refractivity contribution in [2.45, 2.75) is 6.42 Å². The lowest BCUT2D eigenvalue weighted by Gasteiger charge is -2.31. The third-order valence-electron chi connectivity index (χ3n) is 7.31. The van der Waals surface area contributed by atoms with Gasteiger partial charge in [0.2, 0.25) is 0 Å². The van der Waals surface area contributed by atoms with Crippen LogP contribution in [0.5, 0.6) is 0 Å². The minimum absolute atomic E-state index is 0.0129. The van der Waals surface area contributed by atoms with E-state index in [1.54, 1.807) is 0 Å². The number of benzene rings is 2. The van der Waals surface area contributed by atoms with Crippen LogP contribution in [-0.2, 0) is 9.59 Å². The van der Waals surface area contributed by atoms with Crippen LogP contribution in [0.3, 0.4) is 0 Å². The van der Waals surface area contributed by atoms with Crippen LogP contribution < -0.4 is 0 Å². The second-order valence-corrected chi connectivity index (χ2v) is 8.39. The van der Waals surface area contributed by atoms with Gasteiger partial charge < -0.3 is 0 Å². The highest BCUT2D eigenvalue weighted by molar-refractivity contribution is 6.27. The van der Waals surface area contributed by atoms with Gasteiger partial charge in [-0.15, -0.1) is 0 Å². The molecule has 2 saturated carbocycles. The van der Waals surface area contributed by atoms with E-state index >= 15 is 0 Å². The zero-order valence-corrected chi connectivity index (χ0v) is 14.9. The number of ketones is 2. The van der Waals surface area contributed by atoms with Gasteiger partial charge in [0.25, 0.3) is 0 Å². The van der Waals surface area contributed by atoms with Gasteiger partial charge in [-0.3, -0.25) is 9.59 Å². The van der Waals surface area contributed by atoms with Crippen molar-refractivity contribution in [3.8, 4) is 0 Å². The van der Waals surface area contributed by atoms with Crippen LogP contribution in [0.1, 0.15) is 17.5 Å². The lowest BCUT2D eigenvalue weighted by Crippen LogP contribution is -2.36. The summed E-state index contributed by atoms with van der Waals surface area (Å²) in [6, 6.07) is 20.0. The Bertz CT molecular complexity index is 933. The third-order valence-corrected chi connectivity index (χ3v) is 7.31. The average molecular weight is 352 g/mol. The molecule has 2 fully saturated rings. The zero-order valence-electron chi connectivity index (χ0n) is 14.9. The lowest BCUT2D eigenvalue weighted by molar-refractivity contribution is -0.124. The Kier molecular flexibility index (Phi) is 3.06. The highest BCUT2D eigenvalue weighted by Crippen LogP contribution is 2.65. The molecule has 0 N–H and O–H groups in total. The fourth-order valence-corrected chi connectivity index (χ4v) is 6.32. The summed E-state index contributed by atoms with van der Waals surface area (Å²) in [7, 11) is 0. The van der Waals surface area contributed by atoms with Crippen molar-refractivity contribution in [1.82, 2.24) is 0 Å². The predicted molar refractivity (Wildman–Crippen MR) is 104 cm³/mol. The van der Waals surface area contributed by atoms with Crippen molar-refractivity contribution in [3.05, 3.63) is 83.9 Å². The van der Waals surface area contributed by atoms with E-state index in [1.807, 2.05) is 60.7 Å². The predicted octanol–water partition coefficient (Wildman–Crippen LogP) is 4.43. The van der Waals surface area contributed by atoms with Gasteiger partial charge in [-0.1, -0.05) is 72.8 Å². The Hall–Kier alpha value is -2.74. The fraction of sp³-hybridized carbons (Fsp3) is 0.280. The average Bonchev–Trinajstić information content (AvgIpc) is 3.43. The number of hydrogen-bond acceptors (Lipinski definition) is 2. The van der Waals surface area contributed by atoms with Crippen molar-refractivity contribution in [2.75, 3.05) is 0 Å². The molecule has 2 bridgehead atoms. The summed E-state index contributed by atoms with van der Waals surface area (Å²) >= 11 is 0. The minimum atomic E-state index is 0.0129. The summed E-state index contributed by atoms with van der Waals surface area (Å²) in [5, 5.41) is 0. The van der Waals surface area contributed by atoms with Crippen molar-refractivity contribution in [3.63, 3.8) is 0 Å². The Labute approximate surface area is 158 Å². The first-order chi connectivity index (χ1) is 13.2. The van der Waals surface area contributed by atoms with E-state index < -0.39 is 0 Å². The number of carbonyl (C=O) groups excluding carboxylic acids is 2. The minimum Gasteiger partial charge on any atom is -0.294 e. The number of allylic oxidation sites excluding steroid dienone is 4. The first-order valence-corrected chi connectivity index (χ1v) is 9.87. The molecular formula is C25H20O2. The summed E-state index contributed by atoms with van der Waals surface area (Å²) in [4.78, 5) is 26.5. The van der Waals surface area contributed by atoms with Gasteiger partial charge in [0.15, 0.2) is 11.6 Å². The quantitative estimate of drug-likeness (QED) is 0.801. The topological polar surface area (TPSA) is 34.1 Å². The molecule has 0 spiro atoms. The Morgan fingerprint density at radius 1 is 0.593 bits per heavy atom. The summed E-state index contributed by atoms with van der Waals surface area (Å²) in [5.74, 6) is 1.80. The molecule has 6 rings (SSSR count). The first-order valence-electron chi connectivity index (χ1n) is 9.87. The molecule has 0 aromatic heterocycles. The molecule has 2 unspecified atom stereocenters. The van der Waals surface area contributed by atoms with Crippen LogP contribution in [-0.4, -0.2) is 11.6 Å². The van der Waals surface area contributed by atoms with Crippen LogP contribution in [0, 0.1) is 35.5 Å². The van der Waals surface area contributed by atoms with Gasteiger partial charge >= 0.3 is 0 Å². The van der Waals surface area contributed by atoms with Crippen LogP contribution >= 0.6 is 0 Å². The van der Waals surface area contributed by atoms with Gasteiger partial charge in [0.1, 0.15) is 0 Å². The van der Waals surface area contributed by atoms with Crippen LogP contribution in [0.2, 0.25) is 0 Å². The maximum absolute atomic E-state index is 13.2. The monoisotopic (exact) mass is 352 g/mol. The molecule has 0 radical (unpaired) electrons. The molecule has 132 valence electrons. The van der Waals surface area contributed by atoms with Crippen molar-refractivity contribution < 1.29 is 9.59 Å². The Morgan fingerprint density at radius 3 is 1.48 bits per heavy atom.